The number of nitrogens with one attached hydrogen (secondary N) is 1. The summed E-state index contributed by atoms with van der Waals surface area (Å²) in [5.74, 6) is 0.684. The van der Waals surface area contributed by atoms with Crippen LogP contribution in [0.5, 0.6) is 0 Å². The van der Waals surface area contributed by atoms with E-state index in [0.717, 1.165) is 16.6 Å². The number of nitrogens with zero attached hydrogens (tertiary/aromatic N) is 5. The molecule has 0 aliphatic rings. The second-order valence-electron chi connectivity index (χ2n) is 5.77. The summed E-state index contributed by atoms with van der Waals surface area (Å²) in [6.45, 7) is 3.93. The fourth-order valence-electron chi connectivity index (χ4n) is 2.36. The largest absolute Gasteiger partial charge is 0.347 e. The van der Waals surface area contributed by atoms with Crippen LogP contribution in [-0.4, -0.2) is 39.9 Å². The molecule has 1 N–H and O–H groups in total. The molecule has 1 amide bonds. The molecule has 0 spiro atoms. The average Bonchev–Trinajstić information content (AvgIpc) is 2.54. The lowest BCUT2D eigenvalue weighted by molar-refractivity contribution is 0.102. The van der Waals surface area contributed by atoms with E-state index in [1.54, 1.807) is 11.0 Å². The van der Waals surface area contributed by atoms with Crippen molar-refractivity contribution in [2.45, 2.75) is 13.8 Å². The summed E-state index contributed by atoms with van der Waals surface area (Å²) in [5, 5.41) is 3.72. The smallest absolute Gasteiger partial charge is 0.259 e. The van der Waals surface area contributed by atoms with Crippen LogP contribution in [0.3, 0.4) is 0 Å². The minimum atomic E-state index is -0.309. The van der Waals surface area contributed by atoms with Gasteiger partial charge < -0.3 is 10.2 Å². The van der Waals surface area contributed by atoms with Crippen LogP contribution in [0.15, 0.2) is 30.6 Å². The van der Waals surface area contributed by atoms with E-state index in [1.807, 2.05) is 40.1 Å². The standard InChI is InChI=1S/C17H18N6O/c1-10-7-11(2)20-15-13(10)5-6-14(21-15)22-16(24)12-8-18-17(19-9-12)23(3)4/h5-9H,1-4H3,(H,20,21,22,24). The maximum Gasteiger partial charge on any atom is 0.259 e. The molecule has 0 aromatic carbocycles. The number of carbonyl (C=O) groups is 1. The van der Waals surface area contributed by atoms with E-state index in [4.69, 9.17) is 0 Å². The van der Waals surface area contributed by atoms with E-state index in [9.17, 15) is 4.79 Å². The molecule has 24 heavy (non-hydrogen) atoms. The highest BCUT2D eigenvalue weighted by Crippen LogP contribution is 2.18. The third-order valence-corrected chi connectivity index (χ3v) is 3.55. The molecule has 3 aromatic heterocycles. The number of amides is 1. The highest BCUT2D eigenvalue weighted by Gasteiger charge is 2.10. The van der Waals surface area contributed by atoms with Crippen molar-refractivity contribution in [3.05, 3.63) is 47.4 Å². The molecule has 3 aromatic rings. The molecule has 122 valence electrons. The van der Waals surface area contributed by atoms with Crippen molar-refractivity contribution < 1.29 is 4.79 Å². The minimum Gasteiger partial charge on any atom is -0.347 e. The van der Waals surface area contributed by atoms with Gasteiger partial charge in [0.1, 0.15) is 5.82 Å². The summed E-state index contributed by atoms with van der Waals surface area (Å²) in [5.41, 5.74) is 2.99. The van der Waals surface area contributed by atoms with E-state index < -0.39 is 0 Å². The van der Waals surface area contributed by atoms with Crippen molar-refractivity contribution in [2.75, 3.05) is 24.3 Å². The topological polar surface area (TPSA) is 83.9 Å². The Morgan fingerprint density at radius 3 is 2.46 bits per heavy atom. The Morgan fingerprint density at radius 2 is 1.79 bits per heavy atom. The number of carbonyl (C=O) groups excluding carboxylic acids is 1. The zero-order chi connectivity index (χ0) is 17.3. The average molecular weight is 322 g/mol. The van der Waals surface area contributed by atoms with Gasteiger partial charge in [0.15, 0.2) is 5.65 Å². The molecule has 7 nitrogen and oxygen atoms in total. The molecule has 0 bridgehead atoms. The molecular weight excluding hydrogens is 304 g/mol. The third kappa shape index (κ3) is 3.15. The maximum atomic E-state index is 12.3. The Kier molecular flexibility index (Phi) is 4.07. The van der Waals surface area contributed by atoms with Crippen LogP contribution < -0.4 is 10.2 Å². The number of fused-ring (bicyclic) bond motifs is 1. The first-order valence-corrected chi connectivity index (χ1v) is 7.50. The minimum absolute atomic E-state index is 0.309. The van der Waals surface area contributed by atoms with Crippen LogP contribution in [0.4, 0.5) is 11.8 Å². The summed E-state index contributed by atoms with van der Waals surface area (Å²) >= 11 is 0. The molecule has 0 saturated carbocycles. The summed E-state index contributed by atoms with van der Waals surface area (Å²) < 4.78 is 0. The van der Waals surface area contributed by atoms with Crippen LogP contribution in [0.1, 0.15) is 21.6 Å². The van der Waals surface area contributed by atoms with Crippen molar-refractivity contribution in [3.8, 4) is 0 Å². The lowest BCUT2D eigenvalue weighted by atomic mass is 10.1. The molecule has 7 heteroatoms. The quantitative estimate of drug-likeness (QED) is 0.797. The van der Waals surface area contributed by atoms with E-state index in [0.29, 0.717) is 23.0 Å². The predicted molar refractivity (Wildman–Crippen MR) is 93.3 cm³/mol. The van der Waals surface area contributed by atoms with Gasteiger partial charge in [-0.2, -0.15) is 0 Å². The molecular formula is C17H18N6O. The van der Waals surface area contributed by atoms with Crippen LogP contribution in [0, 0.1) is 13.8 Å². The first-order chi connectivity index (χ1) is 11.4. The van der Waals surface area contributed by atoms with Crippen molar-refractivity contribution >= 4 is 28.7 Å². The summed E-state index contributed by atoms with van der Waals surface area (Å²) in [6.07, 6.45) is 2.98. The number of hydrogen-bond donors (Lipinski definition) is 1. The van der Waals surface area contributed by atoms with Crippen LogP contribution in [-0.2, 0) is 0 Å². The Hall–Kier alpha value is -3.09. The zero-order valence-electron chi connectivity index (χ0n) is 14.0. The lowest BCUT2D eigenvalue weighted by Crippen LogP contribution is -2.16. The fraction of sp³-hybridized carbons (Fsp3) is 0.235. The van der Waals surface area contributed by atoms with Gasteiger partial charge in [0, 0.05) is 37.6 Å². The SMILES string of the molecule is Cc1cc(C)c2ccc(NC(=O)c3cnc(N(C)C)nc3)nc2n1. The highest BCUT2D eigenvalue weighted by molar-refractivity contribution is 6.03. The van der Waals surface area contributed by atoms with Gasteiger partial charge >= 0.3 is 0 Å². The van der Waals surface area contributed by atoms with Gasteiger partial charge in [-0.1, -0.05) is 0 Å². The third-order valence-electron chi connectivity index (χ3n) is 3.55. The van der Waals surface area contributed by atoms with Gasteiger partial charge in [0.2, 0.25) is 5.95 Å². The highest BCUT2D eigenvalue weighted by atomic mass is 16.1. The van der Waals surface area contributed by atoms with Gasteiger partial charge in [-0.25, -0.2) is 19.9 Å². The molecule has 0 aliphatic heterocycles. The monoisotopic (exact) mass is 322 g/mol. The number of aryl methyl sites for hydroxylation is 2. The molecule has 0 aliphatic carbocycles. The Morgan fingerprint density at radius 1 is 1.08 bits per heavy atom. The van der Waals surface area contributed by atoms with Crippen LogP contribution >= 0.6 is 0 Å². The van der Waals surface area contributed by atoms with Gasteiger partial charge in [0.05, 0.1) is 5.56 Å². The van der Waals surface area contributed by atoms with E-state index in [2.05, 4.69) is 25.3 Å². The Bertz CT molecular complexity index is 905. The Labute approximate surface area is 139 Å². The van der Waals surface area contributed by atoms with Gasteiger partial charge in [-0.05, 0) is 37.6 Å². The van der Waals surface area contributed by atoms with Crippen molar-refractivity contribution in [1.82, 2.24) is 19.9 Å². The predicted octanol–water partition coefficient (Wildman–Crippen LogP) is 2.35. The number of anilines is 2. The molecule has 0 fully saturated rings. The summed E-state index contributed by atoms with van der Waals surface area (Å²) in [7, 11) is 3.68. The van der Waals surface area contributed by atoms with Crippen molar-refractivity contribution in [1.29, 1.82) is 0 Å². The van der Waals surface area contributed by atoms with Crippen molar-refractivity contribution in [3.63, 3.8) is 0 Å². The van der Waals surface area contributed by atoms with Gasteiger partial charge in [-0.3, -0.25) is 4.79 Å². The number of aromatic nitrogens is 4. The van der Waals surface area contributed by atoms with Crippen LogP contribution in [0.2, 0.25) is 0 Å². The molecule has 3 heterocycles. The van der Waals surface area contributed by atoms with Crippen LogP contribution in [0.25, 0.3) is 11.0 Å². The number of rotatable bonds is 3. The molecule has 0 unspecified atom stereocenters. The summed E-state index contributed by atoms with van der Waals surface area (Å²) in [4.78, 5) is 31.2. The molecule has 0 radical (unpaired) electrons. The number of pyridine rings is 2. The lowest BCUT2D eigenvalue weighted by Gasteiger charge is -2.10. The fourth-order valence-corrected chi connectivity index (χ4v) is 2.36. The van der Waals surface area contributed by atoms with E-state index in [1.165, 1.54) is 12.4 Å². The summed E-state index contributed by atoms with van der Waals surface area (Å²) in [6, 6.07) is 5.68. The Balaban J connectivity index is 1.85. The molecule has 0 atom stereocenters. The maximum absolute atomic E-state index is 12.3. The zero-order valence-corrected chi connectivity index (χ0v) is 14.0. The van der Waals surface area contributed by atoms with E-state index >= 15 is 0 Å². The molecule has 0 saturated heterocycles. The van der Waals surface area contributed by atoms with Crippen molar-refractivity contribution in [2.24, 2.45) is 0 Å². The van der Waals surface area contributed by atoms with Gasteiger partial charge in [-0.15, -0.1) is 0 Å². The second-order valence-corrected chi connectivity index (χ2v) is 5.77. The van der Waals surface area contributed by atoms with Gasteiger partial charge in [0.25, 0.3) is 5.91 Å². The number of hydrogen-bond acceptors (Lipinski definition) is 6. The molecule has 3 rings (SSSR count). The first kappa shape index (κ1) is 15.8. The normalized spacial score (nSPS) is 10.7. The second kappa shape index (κ2) is 6.19. The first-order valence-electron chi connectivity index (χ1n) is 7.50. The van der Waals surface area contributed by atoms with E-state index in [-0.39, 0.29) is 5.91 Å².